The van der Waals surface area contributed by atoms with E-state index in [2.05, 4.69) is 46.5 Å². The Morgan fingerprint density at radius 2 is 1.90 bits per heavy atom. The third-order valence-corrected chi connectivity index (χ3v) is 3.14. The van der Waals surface area contributed by atoms with Crippen molar-refractivity contribution >= 4 is 11.6 Å². The van der Waals surface area contributed by atoms with Crippen molar-refractivity contribution in [2.75, 3.05) is 10.7 Å². The predicted molar refractivity (Wildman–Crippen MR) is 80.2 cm³/mol. The van der Waals surface area contributed by atoms with Gasteiger partial charge in [0.1, 0.15) is 18.0 Å². The number of nitrogen functional groups attached to an aromatic ring is 1. The van der Waals surface area contributed by atoms with Crippen molar-refractivity contribution in [3.05, 3.63) is 42.0 Å². The van der Waals surface area contributed by atoms with E-state index in [4.69, 9.17) is 5.84 Å². The van der Waals surface area contributed by atoms with Crippen molar-refractivity contribution in [3.8, 4) is 0 Å². The summed E-state index contributed by atoms with van der Waals surface area (Å²) >= 11 is 0. The van der Waals surface area contributed by atoms with Gasteiger partial charge in [-0.25, -0.2) is 15.8 Å². The molecule has 4 N–H and O–H groups in total. The number of anilines is 2. The van der Waals surface area contributed by atoms with Crippen LogP contribution in [-0.4, -0.2) is 15.0 Å². The molecule has 106 valence electrons. The quantitative estimate of drug-likeness (QED) is 0.572. The van der Waals surface area contributed by atoms with Crippen molar-refractivity contribution in [2.45, 2.75) is 32.7 Å². The van der Waals surface area contributed by atoms with Gasteiger partial charge < -0.3 is 10.7 Å². The smallest absolute Gasteiger partial charge is 0.148 e. The van der Waals surface area contributed by atoms with Gasteiger partial charge in [0, 0.05) is 18.0 Å². The lowest BCUT2D eigenvalue weighted by Crippen LogP contribution is -2.16. The van der Waals surface area contributed by atoms with E-state index >= 15 is 0 Å². The second-order valence-corrected chi connectivity index (χ2v) is 4.94. The zero-order valence-corrected chi connectivity index (χ0v) is 12.0. The van der Waals surface area contributed by atoms with Crippen molar-refractivity contribution in [1.29, 1.82) is 0 Å². The number of nitrogens with two attached hydrogens (primary N) is 1. The van der Waals surface area contributed by atoms with Crippen LogP contribution in [0.2, 0.25) is 0 Å². The average molecular weight is 272 g/mol. The van der Waals surface area contributed by atoms with Gasteiger partial charge in [-0.15, -0.1) is 0 Å². The Balaban J connectivity index is 2.29. The molecule has 2 heterocycles. The van der Waals surface area contributed by atoms with E-state index in [-0.39, 0.29) is 12.0 Å². The van der Waals surface area contributed by atoms with Crippen LogP contribution in [0, 0.1) is 0 Å². The van der Waals surface area contributed by atoms with Crippen LogP contribution in [0.1, 0.15) is 43.9 Å². The lowest BCUT2D eigenvalue weighted by atomic mass is 10.0. The minimum absolute atomic E-state index is 0.0988. The van der Waals surface area contributed by atoms with E-state index in [0.29, 0.717) is 5.82 Å². The molecule has 0 aliphatic rings. The van der Waals surface area contributed by atoms with Gasteiger partial charge in [0.25, 0.3) is 0 Å². The van der Waals surface area contributed by atoms with Crippen LogP contribution < -0.4 is 16.6 Å². The number of nitrogens with zero attached hydrogens (tertiary/aromatic N) is 3. The van der Waals surface area contributed by atoms with Gasteiger partial charge in [0.15, 0.2) is 0 Å². The fourth-order valence-corrected chi connectivity index (χ4v) is 2.09. The van der Waals surface area contributed by atoms with Gasteiger partial charge >= 0.3 is 0 Å². The lowest BCUT2D eigenvalue weighted by Gasteiger charge is -2.20. The zero-order chi connectivity index (χ0) is 14.5. The third kappa shape index (κ3) is 3.03. The standard InChI is InChI=1S/C14H20N6/c1-9(2)12-13(17-8-18-14(12)20-15)19-10(3)11-5-4-6-16-7-11/h4-10H,15H2,1-3H3,(H2,17,18,19,20). The van der Waals surface area contributed by atoms with E-state index in [1.807, 2.05) is 18.3 Å². The molecule has 0 aliphatic heterocycles. The number of nitrogens with one attached hydrogen (secondary N) is 2. The second-order valence-electron chi connectivity index (χ2n) is 4.94. The van der Waals surface area contributed by atoms with Crippen molar-refractivity contribution in [3.63, 3.8) is 0 Å². The van der Waals surface area contributed by atoms with Gasteiger partial charge in [0.2, 0.25) is 0 Å². The first-order valence-corrected chi connectivity index (χ1v) is 6.61. The maximum Gasteiger partial charge on any atom is 0.148 e. The summed E-state index contributed by atoms with van der Waals surface area (Å²) in [6, 6.07) is 4.05. The highest BCUT2D eigenvalue weighted by atomic mass is 15.3. The molecule has 0 amide bonds. The Bertz CT molecular complexity index is 555. The number of aromatic nitrogens is 3. The molecular formula is C14H20N6. The summed E-state index contributed by atoms with van der Waals surface area (Å²) in [4.78, 5) is 12.6. The topological polar surface area (TPSA) is 88.8 Å². The molecule has 0 aliphatic carbocycles. The Kier molecular flexibility index (Phi) is 4.47. The van der Waals surface area contributed by atoms with Crippen LogP contribution in [0.15, 0.2) is 30.9 Å². The van der Waals surface area contributed by atoms with Gasteiger partial charge in [-0.2, -0.15) is 0 Å². The largest absolute Gasteiger partial charge is 0.363 e. The highest BCUT2D eigenvalue weighted by molar-refractivity contribution is 5.59. The van der Waals surface area contributed by atoms with Crippen LogP contribution in [0.25, 0.3) is 0 Å². The molecule has 1 unspecified atom stereocenters. The molecule has 20 heavy (non-hydrogen) atoms. The minimum Gasteiger partial charge on any atom is -0.363 e. The van der Waals surface area contributed by atoms with Crippen molar-refractivity contribution in [1.82, 2.24) is 15.0 Å². The van der Waals surface area contributed by atoms with Gasteiger partial charge in [-0.1, -0.05) is 19.9 Å². The minimum atomic E-state index is 0.0988. The maximum atomic E-state index is 5.52. The molecule has 1 atom stereocenters. The second kappa shape index (κ2) is 6.29. The van der Waals surface area contributed by atoms with Crippen LogP contribution in [0.4, 0.5) is 11.6 Å². The highest BCUT2D eigenvalue weighted by Gasteiger charge is 2.16. The monoisotopic (exact) mass is 272 g/mol. The first-order valence-electron chi connectivity index (χ1n) is 6.61. The van der Waals surface area contributed by atoms with E-state index in [9.17, 15) is 0 Å². The molecular weight excluding hydrogens is 252 g/mol. The third-order valence-electron chi connectivity index (χ3n) is 3.14. The Labute approximate surface area is 118 Å². The Morgan fingerprint density at radius 1 is 1.15 bits per heavy atom. The van der Waals surface area contributed by atoms with Gasteiger partial charge in [-0.05, 0) is 24.5 Å². The predicted octanol–water partition coefficient (Wildman–Crippen LogP) is 2.45. The molecule has 0 fully saturated rings. The first kappa shape index (κ1) is 14.2. The fourth-order valence-electron chi connectivity index (χ4n) is 2.09. The summed E-state index contributed by atoms with van der Waals surface area (Å²) in [6.07, 6.45) is 5.10. The fraction of sp³-hybridized carbons (Fsp3) is 0.357. The summed E-state index contributed by atoms with van der Waals surface area (Å²) in [5.74, 6) is 7.22. The van der Waals surface area contributed by atoms with E-state index < -0.39 is 0 Å². The molecule has 2 aromatic rings. The molecule has 0 spiro atoms. The first-order chi connectivity index (χ1) is 9.63. The summed E-state index contributed by atoms with van der Waals surface area (Å²) in [5.41, 5.74) is 4.70. The lowest BCUT2D eigenvalue weighted by molar-refractivity contribution is 0.817. The van der Waals surface area contributed by atoms with Gasteiger partial charge in [0.05, 0.1) is 6.04 Å². The number of hydrazine groups is 1. The molecule has 6 nitrogen and oxygen atoms in total. The molecule has 6 heteroatoms. The molecule has 0 aromatic carbocycles. The van der Waals surface area contributed by atoms with Crippen molar-refractivity contribution in [2.24, 2.45) is 5.84 Å². The van der Waals surface area contributed by atoms with Crippen LogP contribution in [0.3, 0.4) is 0 Å². The molecule has 0 radical (unpaired) electrons. The summed E-state index contributed by atoms with van der Waals surface area (Å²) < 4.78 is 0. The van der Waals surface area contributed by atoms with Crippen LogP contribution in [0.5, 0.6) is 0 Å². The summed E-state index contributed by atoms with van der Waals surface area (Å²) in [7, 11) is 0. The zero-order valence-electron chi connectivity index (χ0n) is 12.0. The van der Waals surface area contributed by atoms with E-state index in [1.165, 1.54) is 6.33 Å². The molecule has 0 saturated carbocycles. The summed E-state index contributed by atoms with van der Waals surface area (Å²) in [5, 5.41) is 3.40. The van der Waals surface area contributed by atoms with Gasteiger partial charge in [-0.3, -0.25) is 4.98 Å². The highest BCUT2D eigenvalue weighted by Crippen LogP contribution is 2.29. The van der Waals surface area contributed by atoms with E-state index in [1.54, 1.807) is 6.20 Å². The SMILES string of the molecule is CC(C)c1c(NN)ncnc1NC(C)c1cccnc1. The van der Waals surface area contributed by atoms with Crippen LogP contribution in [-0.2, 0) is 0 Å². The molecule has 0 saturated heterocycles. The maximum absolute atomic E-state index is 5.52. The summed E-state index contributed by atoms with van der Waals surface area (Å²) in [6.45, 7) is 6.23. The Morgan fingerprint density at radius 3 is 2.50 bits per heavy atom. The van der Waals surface area contributed by atoms with E-state index in [0.717, 1.165) is 16.9 Å². The van der Waals surface area contributed by atoms with Crippen LogP contribution >= 0.6 is 0 Å². The molecule has 2 aromatic heterocycles. The number of pyridine rings is 1. The average Bonchev–Trinajstić information content (AvgIpc) is 2.47. The normalized spacial score (nSPS) is 12.2. The molecule has 0 bridgehead atoms. The van der Waals surface area contributed by atoms with Crippen molar-refractivity contribution < 1.29 is 0 Å². The molecule has 2 rings (SSSR count). The number of rotatable bonds is 5. The number of hydrogen-bond donors (Lipinski definition) is 3. The Hall–Kier alpha value is -2.21. The number of hydrogen-bond acceptors (Lipinski definition) is 6.